The Morgan fingerprint density at radius 2 is 1.77 bits per heavy atom. The number of fused-ring (bicyclic) bond motifs is 1. The SMILES string of the molecule is CN1CCN(Cc2cccc(NC(=O)C3CCCN3C(=O)c3ccc4ccccc4c3O)c2)CC1. The molecule has 3 aromatic rings. The monoisotopic (exact) mass is 472 g/mol. The first kappa shape index (κ1) is 23.3. The summed E-state index contributed by atoms with van der Waals surface area (Å²) in [6.45, 7) is 5.55. The van der Waals surface area contributed by atoms with E-state index in [1.54, 1.807) is 17.0 Å². The molecule has 0 saturated carbocycles. The van der Waals surface area contributed by atoms with Crippen LogP contribution in [0.2, 0.25) is 0 Å². The third kappa shape index (κ3) is 5.01. The van der Waals surface area contributed by atoms with Crippen molar-refractivity contribution < 1.29 is 14.7 Å². The van der Waals surface area contributed by atoms with Crippen molar-refractivity contribution in [2.75, 3.05) is 45.1 Å². The van der Waals surface area contributed by atoms with Crippen molar-refractivity contribution >= 4 is 28.3 Å². The molecule has 5 rings (SSSR count). The fourth-order valence-electron chi connectivity index (χ4n) is 5.10. The lowest BCUT2D eigenvalue weighted by molar-refractivity contribution is -0.119. The zero-order valence-electron chi connectivity index (χ0n) is 20.1. The molecule has 2 amide bonds. The Bertz CT molecular complexity index is 1240. The number of hydrogen-bond acceptors (Lipinski definition) is 5. The molecule has 2 aliphatic rings. The van der Waals surface area contributed by atoms with Crippen molar-refractivity contribution in [1.29, 1.82) is 0 Å². The van der Waals surface area contributed by atoms with Gasteiger partial charge in [-0.15, -0.1) is 0 Å². The Kier molecular flexibility index (Phi) is 6.70. The summed E-state index contributed by atoms with van der Waals surface area (Å²) < 4.78 is 0. The maximum Gasteiger partial charge on any atom is 0.258 e. The highest BCUT2D eigenvalue weighted by Gasteiger charge is 2.35. The van der Waals surface area contributed by atoms with E-state index in [9.17, 15) is 14.7 Å². The van der Waals surface area contributed by atoms with E-state index >= 15 is 0 Å². The highest BCUT2D eigenvalue weighted by molar-refractivity contribution is 6.06. The lowest BCUT2D eigenvalue weighted by atomic mass is 10.0. The van der Waals surface area contributed by atoms with Gasteiger partial charge in [0.25, 0.3) is 5.91 Å². The smallest absolute Gasteiger partial charge is 0.258 e. The van der Waals surface area contributed by atoms with Crippen LogP contribution in [0, 0.1) is 0 Å². The predicted molar refractivity (Wildman–Crippen MR) is 138 cm³/mol. The maximum absolute atomic E-state index is 13.4. The number of carbonyl (C=O) groups excluding carboxylic acids is 2. The molecular formula is C28H32N4O3. The first-order chi connectivity index (χ1) is 17.0. The molecule has 2 fully saturated rings. The molecule has 7 nitrogen and oxygen atoms in total. The predicted octanol–water partition coefficient (Wildman–Crippen LogP) is 3.54. The number of amides is 2. The molecule has 182 valence electrons. The number of nitrogens with zero attached hydrogens (tertiary/aromatic N) is 3. The van der Waals surface area contributed by atoms with Crippen molar-refractivity contribution in [3.63, 3.8) is 0 Å². The number of carbonyl (C=O) groups is 2. The van der Waals surface area contributed by atoms with E-state index in [0.717, 1.165) is 55.8 Å². The van der Waals surface area contributed by atoms with E-state index in [2.05, 4.69) is 28.2 Å². The van der Waals surface area contributed by atoms with Gasteiger partial charge in [-0.25, -0.2) is 0 Å². The number of piperazine rings is 1. The van der Waals surface area contributed by atoms with Crippen molar-refractivity contribution in [3.05, 3.63) is 71.8 Å². The van der Waals surface area contributed by atoms with Crippen LogP contribution in [-0.4, -0.2) is 77.4 Å². The number of nitrogens with one attached hydrogen (secondary N) is 1. The van der Waals surface area contributed by atoms with E-state index in [4.69, 9.17) is 0 Å². The number of aromatic hydroxyl groups is 1. The van der Waals surface area contributed by atoms with Gasteiger partial charge in [-0.1, -0.05) is 42.5 Å². The number of phenols is 1. The van der Waals surface area contributed by atoms with E-state index in [1.165, 1.54) is 0 Å². The van der Waals surface area contributed by atoms with Crippen LogP contribution in [0.5, 0.6) is 5.75 Å². The Balaban J connectivity index is 1.28. The van der Waals surface area contributed by atoms with Crippen LogP contribution in [0.1, 0.15) is 28.8 Å². The van der Waals surface area contributed by atoms with E-state index < -0.39 is 6.04 Å². The van der Waals surface area contributed by atoms with Crippen LogP contribution in [0.3, 0.4) is 0 Å². The van der Waals surface area contributed by atoms with Crippen molar-refractivity contribution in [2.24, 2.45) is 0 Å². The minimum Gasteiger partial charge on any atom is -0.506 e. The molecule has 0 aromatic heterocycles. The van der Waals surface area contributed by atoms with E-state index in [-0.39, 0.29) is 23.1 Å². The van der Waals surface area contributed by atoms with Crippen LogP contribution in [0.15, 0.2) is 60.7 Å². The average Bonchev–Trinajstić information content (AvgIpc) is 3.36. The summed E-state index contributed by atoms with van der Waals surface area (Å²) in [5, 5.41) is 15.3. The van der Waals surface area contributed by atoms with Gasteiger partial charge >= 0.3 is 0 Å². The number of hydrogen-bond donors (Lipinski definition) is 2. The van der Waals surface area contributed by atoms with Crippen molar-refractivity contribution in [3.8, 4) is 5.75 Å². The van der Waals surface area contributed by atoms with Crippen LogP contribution >= 0.6 is 0 Å². The highest BCUT2D eigenvalue weighted by Crippen LogP contribution is 2.31. The lowest BCUT2D eigenvalue weighted by Crippen LogP contribution is -2.44. The first-order valence-electron chi connectivity index (χ1n) is 12.3. The number of rotatable bonds is 5. The third-order valence-corrected chi connectivity index (χ3v) is 7.14. The molecule has 2 N–H and O–H groups in total. The Morgan fingerprint density at radius 3 is 2.60 bits per heavy atom. The number of likely N-dealkylation sites (tertiary alicyclic amines) is 1. The highest BCUT2D eigenvalue weighted by atomic mass is 16.3. The number of likely N-dealkylation sites (N-methyl/N-ethyl adjacent to an activating group) is 1. The minimum absolute atomic E-state index is 0.0317. The molecule has 1 atom stereocenters. The number of phenolic OH excluding ortho intramolecular Hbond substituents is 1. The van der Waals surface area contributed by atoms with Gasteiger partial charge in [-0.05, 0) is 49.0 Å². The van der Waals surface area contributed by atoms with Gasteiger partial charge in [0.15, 0.2) is 0 Å². The standard InChI is InChI=1S/C28H32N4O3/c1-30-14-16-31(17-15-30)19-20-6-4-8-22(18-20)29-27(34)25-10-5-13-32(25)28(35)24-12-11-21-7-2-3-9-23(21)26(24)33/h2-4,6-9,11-12,18,25,33H,5,10,13-17,19H2,1H3,(H,29,34). The van der Waals surface area contributed by atoms with Crippen LogP contribution in [0.25, 0.3) is 10.8 Å². The zero-order chi connectivity index (χ0) is 24.4. The Labute approximate surface area is 205 Å². The summed E-state index contributed by atoms with van der Waals surface area (Å²) in [7, 11) is 2.14. The van der Waals surface area contributed by atoms with Gasteiger partial charge in [-0.2, -0.15) is 0 Å². The Morgan fingerprint density at radius 1 is 0.971 bits per heavy atom. The quantitative estimate of drug-likeness (QED) is 0.594. The van der Waals surface area contributed by atoms with Gasteiger partial charge < -0.3 is 20.2 Å². The van der Waals surface area contributed by atoms with Gasteiger partial charge in [-0.3, -0.25) is 14.5 Å². The largest absolute Gasteiger partial charge is 0.506 e. The third-order valence-electron chi connectivity index (χ3n) is 7.14. The minimum atomic E-state index is -0.561. The van der Waals surface area contributed by atoms with Gasteiger partial charge in [0, 0.05) is 50.3 Å². The topological polar surface area (TPSA) is 76.1 Å². The fraction of sp³-hybridized carbons (Fsp3) is 0.357. The summed E-state index contributed by atoms with van der Waals surface area (Å²) in [5.41, 5.74) is 2.14. The molecule has 35 heavy (non-hydrogen) atoms. The zero-order valence-corrected chi connectivity index (χ0v) is 20.1. The van der Waals surface area contributed by atoms with Crippen molar-refractivity contribution in [1.82, 2.24) is 14.7 Å². The van der Waals surface area contributed by atoms with E-state index in [0.29, 0.717) is 18.4 Å². The van der Waals surface area contributed by atoms with Crippen LogP contribution in [-0.2, 0) is 11.3 Å². The summed E-state index contributed by atoms with van der Waals surface area (Å²) in [5.74, 6) is -0.529. The molecule has 0 aliphatic carbocycles. The Hall–Kier alpha value is -3.42. The van der Waals surface area contributed by atoms with Crippen LogP contribution < -0.4 is 5.32 Å². The van der Waals surface area contributed by atoms with Gasteiger partial charge in [0.1, 0.15) is 11.8 Å². The van der Waals surface area contributed by atoms with Gasteiger partial charge in [0.2, 0.25) is 5.91 Å². The van der Waals surface area contributed by atoms with E-state index in [1.807, 2.05) is 42.5 Å². The maximum atomic E-state index is 13.4. The molecular weight excluding hydrogens is 440 g/mol. The second kappa shape index (κ2) is 10.1. The number of benzene rings is 3. The molecule has 1 unspecified atom stereocenters. The van der Waals surface area contributed by atoms with Gasteiger partial charge in [0.05, 0.1) is 5.56 Å². The molecule has 0 spiro atoms. The molecule has 0 bridgehead atoms. The van der Waals surface area contributed by atoms with Crippen LogP contribution in [0.4, 0.5) is 5.69 Å². The second-order valence-electron chi connectivity index (χ2n) is 9.61. The molecule has 2 saturated heterocycles. The summed E-state index contributed by atoms with van der Waals surface area (Å²) in [4.78, 5) is 32.9. The average molecular weight is 473 g/mol. The summed E-state index contributed by atoms with van der Waals surface area (Å²) >= 11 is 0. The molecule has 3 aromatic carbocycles. The summed E-state index contributed by atoms with van der Waals surface area (Å²) in [6, 6.07) is 18.3. The molecule has 7 heteroatoms. The fourth-order valence-corrected chi connectivity index (χ4v) is 5.10. The normalized spacial score (nSPS) is 19.2. The summed E-state index contributed by atoms with van der Waals surface area (Å²) in [6.07, 6.45) is 1.36. The first-order valence-corrected chi connectivity index (χ1v) is 12.3. The molecule has 2 heterocycles. The number of anilines is 1. The second-order valence-corrected chi connectivity index (χ2v) is 9.61. The molecule has 2 aliphatic heterocycles. The molecule has 0 radical (unpaired) electrons. The van der Waals surface area contributed by atoms with Crippen molar-refractivity contribution in [2.45, 2.75) is 25.4 Å². The lowest BCUT2D eigenvalue weighted by Gasteiger charge is -2.32.